The molecule has 6 nitrogen and oxygen atoms in total. The highest BCUT2D eigenvalue weighted by atomic mass is 79.9. The highest BCUT2D eigenvalue weighted by molar-refractivity contribution is 8.93. The first-order valence-corrected chi connectivity index (χ1v) is 7.71. The van der Waals surface area contributed by atoms with Gasteiger partial charge in [0, 0.05) is 22.9 Å². The van der Waals surface area contributed by atoms with E-state index in [1.165, 1.54) is 11.1 Å². The van der Waals surface area contributed by atoms with Gasteiger partial charge >= 0.3 is 0 Å². The third-order valence-electron chi connectivity index (χ3n) is 6.15. The van der Waals surface area contributed by atoms with Gasteiger partial charge in [0.2, 0.25) is 0 Å². The van der Waals surface area contributed by atoms with Gasteiger partial charge in [0.15, 0.2) is 11.5 Å². The Bertz CT molecular complexity index is 681. The minimum Gasteiger partial charge on any atom is -0.504 e. The number of nitrogens with zero attached hydrogens (tertiary/aromatic N) is 1. The lowest BCUT2D eigenvalue weighted by molar-refractivity contribution is -0.0453. The summed E-state index contributed by atoms with van der Waals surface area (Å²) >= 11 is 0. The van der Waals surface area contributed by atoms with Gasteiger partial charge in [-0.3, -0.25) is 0 Å². The molecular weight excluding hydrogens is 378 g/mol. The Labute approximate surface area is 151 Å². The van der Waals surface area contributed by atoms with Gasteiger partial charge in [-0.05, 0) is 38.1 Å². The Balaban J connectivity index is 0.000000694. The maximum absolute atomic E-state index is 10.4. The minimum atomic E-state index is -0.594. The zero-order valence-electron chi connectivity index (χ0n) is 13.4. The average Bonchev–Trinajstić information content (AvgIpc) is 2.83. The van der Waals surface area contributed by atoms with E-state index in [0.717, 1.165) is 19.4 Å². The Hall–Kier alpha value is -1.12. The van der Waals surface area contributed by atoms with E-state index < -0.39 is 6.10 Å². The summed E-state index contributed by atoms with van der Waals surface area (Å²) in [5, 5.41) is 20.6. The molecule has 2 bridgehead atoms. The Morgan fingerprint density at radius 2 is 2.00 bits per heavy atom. The average molecular weight is 402 g/mol. The largest absolute Gasteiger partial charge is 0.504 e. The van der Waals surface area contributed by atoms with E-state index in [-0.39, 0.29) is 45.2 Å². The van der Waals surface area contributed by atoms with E-state index >= 15 is 0 Å². The number of likely N-dealkylation sites (tertiary alicyclic amines) is 1. The Morgan fingerprint density at radius 1 is 1.25 bits per heavy atom. The van der Waals surface area contributed by atoms with Gasteiger partial charge < -0.3 is 30.8 Å². The molecular formula is C17H24BrNO5. The van der Waals surface area contributed by atoms with Crippen LogP contribution in [0.4, 0.5) is 0 Å². The van der Waals surface area contributed by atoms with E-state index in [0.29, 0.717) is 17.7 Å². The second-order valence-electron chi connectivity index (χ2n) is 6.93. The van der Waals surface area contributed by atoms with Gasteiger partial charge in [-0.25, -0.2) is 0 Å². The standard InChI is InChI=1S/C17H19NO3.BrH.2H2O/c1-18-7-6-17-10-3-5-13(20)16(17)21-15-12(19)4-2-9(14(15)17)8-11(10)18;;;/h2-5,10-11,13,16,19-20H,6-8H2,1H3;1H;2*1H2/t10-,11+,13-,16-,17-;;;/m0.../s1. The summed E-state index contributed by atoms with van der Waals surface area (Å²) in [5.41, 5.74) is 2.29. The molecule has 4 aliphatic rings. The summed E-state index contributed by atoms with van der Waals surface area (Å²) < 4.78 is 6.09. The SMILES string of the molecule is Br.CN1CC[C@]23c4c5ccc(O)c4O[C@H]2[C@@H](O)C=C[C@H]3[C@H]1C5.O.O. The number of halogens is 1. The van der Waals surface area contributed by atoms with Gasteiger partial charge in [-0.2, -0.15) is 0 Å². The lowest BCUT2D eigenvalue weighted by Crippen LogP contribution is -2.64. The zero-order chi connectivity index (χ0) is 14.4. The predicted octanol–water partition coefficient (Wildman–Crippen LogP) is 0.127. The molecule has 0 radical (unpaired) electrons. The lowest BCUT2D eigenvalue weighted by atomic mass is 9.53. The molecule has 134 valence electrons. The van der Waals surface area contributed by atoms with E-state index in [4.69, 9.17) is 4.74 Å². The molecule has 1 aromatic rings. The van der Waals surface area contributed by atoms with Crippen LogP contribution in [0.25, 0.3) is 0 Å². The number of aromatic hydroxyl groups is 1. The van der Waals surface area contributed by atoms with E-state index in [1.54, 1.807) is 6.07 Å². The highest BCUT2D eigenvalue weighted by Crippen LogP contribution is 2.62. The molecule has 0 saturated carbocycles. The van der Waals surface area contributed by atoms with Crippen molar-refractivity contribution in [2.45, 2.75) is 36.5 Å². The number of benzene rings is 1. The molecule has 0 amide bonds. The number of aliphatic hydroxyl groups is 1. The number of aliphatic hydroxyl groups excluding tert-OH is 1. The number of hydrogen-bond donors (Lipinski definition) is 2. The topological polar surface area (TPSA) is 116 Å². The number of rotatable bonds is 0. The maximum atomic E-state index is 10.4. The summed E-state index contributed by atoms with van der Waals surface area (Å²) in [5.74, 6) is 1.19. The van der Waals surface area contributed by atoms with Crippen molar-refractivity contribution in [2.24, 2.45) is 5.92 Å². The third-order valence-corrected chi connectivity index (χ3v) is 6.15. The first-order valence-electron chi connectivity index (χ1n) is 7.71. The number of piperidine rings is 1. The number of likely N-dealkylation sites (N-methyl/N-ethyl adjacent to an activating group) is 1. The zero-order valence-corrected chi connectivity index (χ0v) is 15.1. The van der Waals surface area contributed by atoms with Crippen molar-refractivity contribution in [3.8, 4) is 11.5 Å². The number of hydrogen-bond acceptors (Lipinski definition) is 4. The second-order valence-corrected chi connectivity index (χ2v) is 6.93. The Morgan fingerprint density at radius 3 is 2.75 bits per heavy atom. The first-order chi connectivity index (χ1) is 10.1. The van der Waals surface area contributed by atoms with E-state index in [1.807, 2.05) is 12.1 Å². The molecule has 5 rings (SSSR count). The predicted molar refractivity (Wildman–Crippen MR) is 95.1 cm³/mol. The summed E-state index contributed by atoms with van der Waals surface area (Å²) in [4.78, 5) is 2.43. The molecule has 1 saturated heterocycles. The molecule has 1 spiro atoms. The molecule has 0 aromatic heterocycles. The first kappa shape index (κ1) is 19.2. The molecule has 6 N–H and O–H groups in total. The van der Waals surface area contributed by atoms with Gasteiger partial charge in [-0.1, -0.05) is 18.2 Å². The summed E-state index contributed by atoms with van der Waals surface area (Å²) in [6, 6.07) is 4.23. The van der Waals surface area contributed by atoms with Crippen LogP contribution in [0.15, 0.2) is 24.3 Å². The van der Waals surface area contributed by atoms with Crippen LogP contribution in [0, 0.1) is 5.92 Å². The molecule has 1 aromatic carbocycles. The number of ether oxygens (including phenoxy) is 1. The lowest BCUT2D eigenvalue weighted by Gasteiger charge is -2.56. The minimum absolute atomic E-state index is 0. The van der Waals surface area contributed by atoms with Crippen molar-refractivity contribution in [1.82, 2.24) is 4.90 Å². The van der Waals surface area contributed by atoms with Crippen LogP contribution in [0.3, 0.4) is 0 Å². The van der Waals surface area contributed by atoms with Crippen molar-refractivity contribution >= 4 is 17.0 Å². The molecule has 5 atom stereocenters. The fourth-order valence-corrected chi connectivity index (χ4v) is 5.24. The molecule has 2 aliphatic carbocycles. The highest BCUT2D eigenvalue weighted by Gasteiger charge is 2.64. The summed E-state index contributed by atoms with van der Waals surface area (Å²) in [6.07, 6.45) is 5.18. The third kappa shape index (κ3) is 1.96. The van der Waals surface area contributed by atoms with Gasteiger partial charge in [0.05, 0.1) is 0 Å². The van der Waals surface area contributed by atoms with Crippen LogP contribution in [-0.2, 0) is 11.8 Å². The van der Waals surface area contributed by atoms with Crippen LogP contribution in [0.1, 0.15) is 17.5 Å². The van der Waals surface area contributed by atoms with Gasteiger partial charge in [-0.15, -0.1) is 17.0 Å². The fourth-order valence-electron chi connectivity index (χ4n) is 5.24. The fraction of sp³-hybridized carbons (Fsp3) is 0.529. The maximum Gasteiger partial charge on any atom is 0.165 e. The smallest absolute Gasteiger partial charge is 0.165 e. The molecule has 2 aliphatic heterocycles. The van der Waals surface area contributed by atoms with Crippen LogP contribution >= 0.6 is 17.0 Å². The van der Waals surface area contributed by atoms with Crippen LogP contribution in [0.2, 0.25) is 0 Å². The van der Waals surface area contributed by atoms with Crippen LogP contribution in [0.5, 0.6) is 11.5 Å². The molecule has 2 heterocycles. The van der Waals surface area contributed by atoms with Crippen molar-refractivity contribution in [3.05, 3.63) is 35.4 Å². The quantitative estimate of drug-likeness (QED) is 0.600. The molecule has 0 unspecified atom stereocenters. The van der Waals surface area contributed by atoms with Gasteiger partial charge in [0.25, 0.3) is 0 Å². The van der Waals surface area contributed by atoms with Crippen molar-refractivity contribution in [1.29, 1.82) is 0 Å². The Kier molecular flexibility index (Phi) is 4.80. The van der Waals surface area contributed by atoms with Gasteiger partial charge in [0.1, 0.15) is 12.2 Å². The molecule has 1 fully saturated rings. The van der Waals surface area contributed by atoms with E-state index in [2.05, 4.69) is 18.0 Å². The van der Waals surface area contributed by atoms with Crippen molar-refractivity contribution in [3.63, 3.8) is 0 Å². The van der Waals surface area contributed by atoms with Crippen molar-refractivity contribution in [2.75, 3.05) is 13.6 Å². The summed E-state index contributed by atoms with van der Waals surface area (Å²) in [7, 11) is 2.19. The van der Waals surface area contributed by atoms with E-state index in [9.17, 15) is 10.2 Å². The number of phenols is 1. The van der Waals surface area contributed by atoms with Crippen molar-refractivity contribution < 1.29 is 25.9 Å². The number of phenolic OH excluding ortho intramolecular Hbond substituents is 1. The second kappa shape index (κ2) is 6.00. The monoisotopic (exact) mass is 401 g/mol. The van der Waals surface area contributed by atoms with Crippen LogP contribution in [-0.4, -0.2) is 57.9 Å². The normalized spacial score (nSPS) is 37.2. The van der Waals surface area contributed by atoms with Crippen LogP contribution < -0.4 is 4.74 Å². The molecule has 7 heteroatoms. The summed E-state index contributed by atoms with van der Waals surface area (Å²) in [6.45, 7) is 1.01. The molecule has 24 heavy (non-hydrogen) atoms.